The van der Waals surface area contributed by atoms with Crippen molar-refractivity contribution in [2.75, 3.05) is 122 Å². The molecule has 3 fully saturated rings. The number of pyridine rings is 1. The Balaban J connectivity index is 0.646. The molecule has 3 aliphatic heterocycles. The Morgan fingerprint density at radius 1 is 0.818 bits per heavy atom. The van der Waals surface area contributed by atoms with Gasteiger partial charge in [-0.1, -0.05) is 18.9 Å². The number of carbonyl (C=O) groups excluding carboxylic acids is 5. The van der Waals surface area contributed by atoms with Gasteiger partial charge in [-0.25, -0.2) is 9.97 Å². The smallest absolute Gasteiger partial charge is 0.270 e. The van der Waals surface area contributed by atoms with Gasteiger partial charge in [0.25, 0.3) is 17.7 Å². The molecule has 0 bridgehead atoms. The van der Waals surface area contributed by atoms with Crippen LogP contribution in [-0.2, 0) is 28.5 Å². The van der Waals surface area contributed by atoms with E-state index in [4.69, 9.17) is 23.9 Å². The van der Waals surface area contributed by atoms with Crippen LogP contribution in [0.2, 0.25) is 0 Å². The van der Waals surface area contributed by atoms with E-state index in [0.29, 0.717) is 82.5 Å². The largest absolute Gasteiger partial charge is 0.382 e. The fraction of sp³-hybridized carbons (Fsp3) is 0.522. The first-order valence-electron chi connectivity index (χ1n) is 22.9. The highest BCUT2D eigenvalue weighted by Gasteiger charge is 2.45. The van der Waals surface area contributed by atoms with Gasteiger partial charge in [-0.2, -0.15) is 4.98 Å². The minimum absolute atomic E-state index is 0.0332. The number of aromatic nitrogens is 4. The highest BCUT2D eigenvalue weighted by molar-refractivity contribution is 6.25. The second-order valence-corrected chi connectivity index (χ2v) is 16.9. The lowest BCUT2D eigenvalue weighted by Crippen LogP contribution is -2.54. The number of nitrogens with one attached hydrogen (secondary N) is 3. The Kier molecular flexibility index (Phi) is 15.5. The molecule has 4 aliphatic rings. The monoisotopic (exact) mass is 909 g/mol. The van der Waals surface area contributed by atoms with Crippen LogP contribution in [0.5, 0.6) is 0 Å². The fourth-order valence-electron chi connectivity index (χ4n) is 8.86. The van der Waals surface area contributed by atoms with E-state index in [0.717, 1.165) is 80.0 Å². The third-order valence-corrected chi connectivity index (χ3v) is 12.3. The fourth-order valence-corrected chi connectivity index (χ4v) is 8.86. The van der Waals surface area contributed by atoms with Gasteiger partial charge in [0.1, 0.15) is 23.2 Å². The van der Waals surface area contributed by atoms with Crippen molar-refractivity contribution in [3.05, 3.63) is 65.6 Å². The number of nitrogens with zero attached hydrogens (tertiary/aromatic N) is 8. The van der Waals surface area contributed by atoms with Crippen LogP contribution in [0.4, 0.5) is 23.1 Å². The van der Waals surface area contributed by atoms with Crippen LogP contribution < -0.4 is 20.9 Å². The summed E-state index contributed by atoms with van der Waals surface area (Å²) in [6, 6.07) is 10.1. The van der Waals surface area contributed by atoms with E-state index in [1.807, 2.05) is 18.3 Å². The number of benzene rings is 1. The normalized spacial score (nSPS) is 18.1. The van der Waals surface area contributed by atoms with Gasteiger partial charge in [0.15, 0.2) is 0 Å². The minimum atomic E-state index is -1.01. The number of hydrogen-bond acceptors (Lipinski definition) is 16. The molecule has 2 saturated heterocycles. The number of rotatable bonds is 22. The standard InChI is InChI=1S/C46H59N11O9/c1-53(2)44(61)37-28-31-29-49-46(52-41(31)56(37)32-6-3-4-7-32)50-38-12-10-33(30-48-38)55-17-15-54(16-18-55)19-21-64-23-25-66-27-26-65-24-22-63-20-14-47-35-9-5-8-34-40(35)45(62)57(43(34)60)36-11-13-39(58)51-42(36)59/h5,8-10,12,28-30,32,36,47H,3-4,6-7,11,13-27H2,1-2H3,(H,51,58,59)(H,48,49,50,52). The van der Waals surface area contributed by atoms with E-state index in [1.54, 1.807) is 43.4 Å². The van der Waals surface area contributed by atoms with E-state index in [-0.39, 0.29) is 35.9 Å². The van der Waals surface area contributed by atoms with E-state index in [1.165, 1.54) is 0 Å². The van der Waals surface area contributed by atoms with E-state index in [9.17, 15) is 24.0 Å². The zero-order valence-electron chi connectivity index (χ0n) is 37.7. The number of carbonyl (C=O) groups is 5. The number of piperazine rings is 1. The van der Waals surface area contributed by atoms with Crippen LogP contribution in [0.25, 0.3) is 11.0 Å². The van der Waals surface area contributed by atoms with Crippen LogP contribution in [0, 0.1) is 0 Å². The summed E-state index contributed by atoms with van der Waals surface area (Å²) in [5, 5.41) is 9.48. The van der Waals surface area contributed by atoms with Crippen LogP contribution in [0.15, 0.2) is 48.8 Å². The molecule has 352 valence electrons. The van der Waals surface area contributed by atoms with Crippen LogP contribution in [0.3, 0.4) is 0 Å². The highest BCUT2D eigenvalue weighted by Crippen LogP contribution is 2.35. The average Bonchev–Trinajstić information content (AvgIpc) is 4.05. The Morgan fingerprint density at radius 2 is 1.53 bits per heavy atom. The summed E-state index contributed by atoms with van der Waals surface area (Å²) in [6.07, 6.45) is 8.18. The maximum absolute atomic E-state index is 13.2. The molecule has 1 aromatic carbocycles. The lowest BCUT2D eigenvalue weighted by Gasteiger charge is -2.35. The summed E-state index contributed by atoms with van der Waals surface area (Å²) in [4.78, 5) is 84.6. The third-order valence-electron chi connectivity index (χ3n) is 12.3. The molecule has 20 heteroatoms. The summed E-state index contributed by atoms with van der Waals surface area (Å²) in [7, 11) is 3.55. The van der Waals surface area contributed by atoms with Gasteiger partial charge in [-0.05, 0) is 49.6 Å². The minimum Gasteiger partial charge on any atom is -0.382 e. The molecule has 3 N–H and O–H groups in total. The number of fused-ring (bicyclic) bond motifs is 2. The van der Waals surface area contributed by atoms with Crippen molar-refractivity contribution in [1.29, 1.82) is 0 Å². The van der Waals surface area contributed by atoms with Gasteiger partial charge in [0, 0.05) is 83.1 Å². The molecular formula is C46H59N11O9. The Morgan fingerprint density at radius 3 is 2.21 bits per heavy atom. The molecule has 4 aromatic rings. The van der Waals surface area contributed by atoms with Crippen LogP contribution >= 0.6 is 0 Å². The zero-order valence-corrected chi connectivity index (χ0v) is 37.7. The molecule has 6 heterocycles. The Labute approximate surface area is 383 Å². The van der Waals surface area contributed by atoms with E-state index in [2.05, 4.69) is 46.4 Å². The molecular weight excluding hydrogens is 851 g/mol. The molecule has 20 nitrogen and oxygen atoms in total. The van der Waals surface area contributed by atoms with Gasteiger partial charge >= 0.3 is 0 Å². The van der Waals surface area contributed by atoms with Gasteiger partial charge in [0.2, 0.25) is 17.8 Å². The van der Waals surface area contributed by atoms with Crippen molar-refractivity contribution in [3.63, 3.8) is 0 Å². The summed E-state index contributed by atoms with van der Waals surface area (Å²) in [5.74, 6) is -1.09. The maximum Gasteiger partial charge on any atom is 0.270 e. The molecule has 66 heavy (non-hydrogen) atoms. The number of anilines is 4. The number of hydrogen-bond donors (Lipinski definition) is 3. The predicted octanol–water partition coefficient (Wildman–Crippen LogP) is 3.09. The zero-order chi connectivity index (χ0) is 46.0. The van der Waals surface area contributed by atoms with Crippen molar-refractivity contribution in [2.45, 2.75) is 50.6 Å². The van der Waals surface area contributed by atoms with Gasteiger partial charge in [-0.3, -0.25) is 39.1 Å². The summed E-state index contributed by atoms with van der Waals surface area (Å²) >= 11 is 0. The maximum atomic E-state index is 13.2. The molecule has 1 unspecified atom stereocenters. The highest BCUT2D eigenvalue weighted by atomic mass is 16.6. The van der Waals surface area contributed by atoms with Crippen LogP contribution in [-0.4, -0.2) is 176 Å². The molecule has 8 rings (SSSR count). The Hall–Kier alpha value is -6.06. The number of ether oxygens (including phenoxy) is 4. The first-order valence-corrected chi connectivity index (χ1v) is 22.9. The number of amides is 5. The SMILES string of the molecule is CN(C)C(=O)c1cc2cnc(Nc3ccc(N4CCN(CCOCCOCCOCCOCCNc5cccc6c5C(=O)N(C5CCC(=O)NC5=O)C6=O)CC4)cn3)nc2n1C1CCCC1. The van der Waals surface area contributed by atoms with Crippen LogP contribution in [0.1, 0.15) is 75.8 Å². The topological polar surface area (TPSA) is 215 Å². The predicted molar refractivity (Wildman–Crippen MR) is 244 cm³/mol. The third kappa shape index (κ3) is 11.0. The van der Waals surface area contributed by atoms with Crippen molar-refractivity contribution in [1.82, 2.24) is 39.5 Å². The van der Waals surface area contributed by atoms with Crippen molar-refractivity contribution in [3.8, 4) is 0 Å². The quantitative estimate of drug-likeness (QED) is 0.0763. The number of imide groups is 2. The van der Waals surface area contributed by atoms with E-state index >= 15 is 0 Å². The summed E-state index contributed by atoms with van der Waals surface area (Å²) < 4.78 is 24.8. The second-order valence-electron chi connectivity index (χ2n) is 16.9. The van der Waals surface area contributed by atoms with Gasteiger partial charge in [0.05, 0.1) is 75.9 Å². The van der Waals surface area contributed by atoms with Crippen molar-refractivity contribution >= 4 is 63.7 Å². The van der Waals surface area contributed by atoms with Gasteiger partial charge in [-0.15, -0.1) is 0 Å². The molecule has 5 amide bonds. The van der Waals surface area contributed by atoms with Gasteiger partial charge < -0.3 is 43.9 Å². The molecule has 1 saturated carbocycles. The van der Waals surface area contributed by atoms with Crippen molar-refractivity contribution < 1.29 is 42.9 Å². The second kappa shape index (κ2) is 22.0. The molecule has 0 radical (unpaired) electrons. The first-order chi connectivity index (χ1) is 32.2. The molecule has 1 aliphatic carbocycles. The number of piperidine rings is 1. The average molecular weight is 910 g/mol. The summed E-state index contributed by atoms with van der Waals surface area (Å²) in [6.45, 7) is 8.47. The first kappa shape index (κ1) is 46.5. The van der Waals surface area contributed by atoms with E-state index < -0.39 is 29.7 Å². The molecule has 1 atom stereocenters. The lowest BCUT2D eigenvalue weighted by atomic mass is 10.0. The summed E-state index contributed by atoms with van der Waals surface area (Å²) in [5.41, 5.74) is 3.40. The Bertz CT molecular complexity index is 2360. The molecule has 3 aromatic heterocycles. The lowest BCUT2D eigenvalue weighted by molar-refractivity contribution is -0.136. The molecule has 0 spiro atoms. The van der Waals surface area contributed by atoms with Crippen molar-refractivity contribution in [2.24, 2.45) is 0 Å².